The second kappa shape index (κ2) is 17.4. The molecule has 0 radical (unpaired) electrons. The van der Waals surface area contributed by atoms with Crippen LogP contribution in [0.25, 0.3) is 89.7 Å². The van der Waals surface area contributed by atoms with Gasteiger partial charge in [-0.05, 0) is 121 Å². The summed E-state index contributed by atoms with van der Waals surface area (Å²) in [6, 6.07) is 41.0. The topological polar surface area (TPSA) is 161 Å². The quantitative estimate of drug-likeness (QED) is 0.111. The number of nitrogens with zero attached hydrogens (tertiary/aromatic N) is 6. The zero-order chi connectivity index (χ0) is 45.0. The highest BCUT2D eigenvalue weighted by Gasteiger charge is 2.24. The van der Waals surface area contributed by atoms with Crippen molar-refractivity contribution in [3.8, 4) is 45.6 Å². The SMILES string of the molecule is c1coc(CSc2ccc3c(c2)-c2nc-3nc3[nH]c(nc4nc(nc5[nH]c(n2)c2ccc(SCc6ccco6)cc52)-c2ccc(SCc5ccco5)cc2-4)c2ccc(SCc4ccco4)cc32)c1. The summed E-state index contributed by atoms with van der Waals surface area (Å²) in [7, 11) is 0. The highest BCUT2D eigenvalue weighted by molar-refractivity contribution is 7.99. The summed E-state index contributed by atoms with van der Waals surface area (Å²) in [4.78, 5) is 43.2. The molecule has 0 spiro atoms. The van der Waals surface area contributed by atoms with E-state index in [1.54, 1.807) is 72.1 Å². The van der Waals surface area contributed by atoms with Crippen LogP contribution in [0.4, 0.5) is 0 Å². The first-order valence-electron chi connectivity index (χ1n) is 21.6. The van der Waals surface area contributed by atoms with Crippen molar-refractivity contribution in [2.45, 2.75) is 42.6 Å². The first-order chi connectivity index (χ1) is 33.6. The largest absolute Gasteiger partial charge is 0.468 e. The van der Waals surface area contributed by atoms with Crippen molar-refractivity contribution in [2.24, 2.45) is 0 Å². The molecule has 2 aliphatic heterocycles. The molecule has 4 aromatic carbocycles. The fourth-order valence-corrected chi connectivity index (χ4v) is 11.6. The second-order valence-corrected chi connectivity index (χ2v) is 20.1. The van der Waals surface area contributed by atoms with Gasteiger partial charge < -0.3 is 27.6 Å². The number of nitrogens with one attached hydrogen (secondary N) is 2. The van der Waals surface area contributed by atoms with Gasteiger partial charge in [-0.15, -0.1) is 47.0 Å². The number of thioether (sulfide) groups is 4. The van der Waals surface area contributed by atoms with E-state index in [1.165, 1.54) is 0 Å². The van der Waals surface area contributed by atoms with Gasteiger partial charge in [0.25, 0.3) is 0 Å². The zero-order valence-corrected chi connectivity index (χ0v) is 38.9. The Morgan fingerprint density at radius 3 is 1.00 bits per heavy atom. The van der Waals surface area contributed by atoms with Gasteiger partial charge in [-0.3, -0.25) is 0 Å². The van der Waals surface area contributed by atoms with Crippen LogP contribution < -0.4 is 0 Å². The van der Waals surface area contributed by atoms with Gasteiger partial charge in [0.15, 0.2) is 23.3 Å². The predicted octanol–water partition coefficient (Wildman–Crippen LogP) is 14.4. The smallest absolute Gasteiger partial charge is 0.164 e. The molecule has 2 aliphatic rings. The van der Waals surface area contributed by atoms with Gasteiger partial charge in [-0.2, -0.15) is 0 Å². The van der Waals surface area contributed by atoms with E-state index in [0.717, 1.165) is 86.4 Å². The number of furan rings is 4. The molecular weight excluding hydrogens is 929 g/mol. The average molecular weight is 963 g/mol. The summed E-state index contributed by atoms with van der Waals surface area (Å²) in [5.41, 5.74) is 5.96. The van der Waals surface area contributed by atoms with Crippen molar-refractivity contribution >= 4 is 91.2 Å². The van der Waals surface area contributed by atoms with Crippen molar-refractivity contribution in [2.75, 3.05) is 0 Å². The molecule has 13 rings (SSSR count). The van der Waals surface area contributed by atoms with Crippen LogP contribution in [0, 0.1) is 0 Å². The maximum Gasteiger partial charge on any atom is 0.164 e. The predicted molar refractivity (Wildman–Crippen MR) is 269 cm³/mol. The Hall–Kier alpha value is -7.24. The Balaban J connectivity index is 1.04. The number of aromatic amines is 2. The normalized spacial score (nSPS) is 12.0. The highest BCUT2D eigenvalue weighted by atomic mass is 32.2. The van der Waals surface area contributed by atoms with E-state index in [0.29, 0.717) is 68.9 Å². The number of benzene rings is 4. The van der Waals surface area contributed by atoms with Crippen molar-refractivity contribution in [1.82, 2.24) is 39.9 Å². The summed E-state index contributed by atoms with van der Waals surface area (Å²) in [5.74, 6) is 8.46. The Kier molecular flexibility index (Phi) is 10.5. The molecule has 9 heterocycles. The molecular formula is C52H34N8O4S4. The third-order valence-corrected chi connectivity index (χ3v) is 15.6. The minimum atomic E-state index is 0.534. The van der Waals surface area contributed by atoms with Crippen LogP contribution >= 0.6 is 47.0 Å². The van der Waals surface area contributed by atoms with Crippen LogP contribution in [0.3, 0.4) is 0 Å². The van der Waals surface area contributed by atoms with E-state index in [-0.39, 0.29) is 0 Å². The van der Waals surface area contributed by atoms with E-state index < -0.39 is 0 Å². The molecule has 0 atom stereocenters. The first-order valence-corrected chi connectivity index (χ1v) is 25.5. The van der Waals surface area contributed by atoms with E-state index in [2.05, 4.69) is 82.8 Å². The van der Waals surface area contributed by atoms with Crippen molar-refractivity contribution in [3.05, 3.63) is 169 Å². The third-order valence-electron chi connectivity index (χ3n) is 11.6. The number of H-pyrrole nitrogens is 2. The molecule has 7 aromatic heterocycles. The van der Waals surface area contributed by atoms with E-state index >= 15 is 0 Å². The van der Waals surface area contributed by atoms with Crippen molar-refractivity contribution < 1.29 is 17.7 Å². The fraction of sp³-hybridized carbons (Fsp3) is 0.0769. The van der Waals surface area contributed by atoms with Crippen LogP contribution in [-0.4, -0.2) is 39.9 Å². The Labute approximate surface area is 403 Å². The van der Waals surface area contributed by atoms with Gasteiger partial charge in [0.05, 0.1) is 48.1 Å². The summed E-state index contributed by atoms with van der Waals surface area (Å²) >= 11 is 6.77. The van der Waals surface area contributed by atoms with Crippen LogP contribution in [-0.2, 0) is 23.0 Å². The molecule has 12 nitrogen and oxygen atoms in total. The maximum atomic E-state index is 5.66. The van der Waals surface area contributed by atoms with Gasteiger partial charge in [0.2, 0.25) is 0 Å². The van der Waals surface area contributed by atoms with Crippen LogP contribution in [0.1, 0.15) is 23.0 Å². The molecule has 0 unspecified atom stereocenters. The standard InChI is InChI=1S/C52H34N8O4S4/c1-5-29(61-17-1)25-65-33-9-13-37-41(21-33)49-53-45(37)58-50-43-23-35(67-27-31-7-3-19-63-31)11-15-39(43)47(55-50)60-52-44-24-36(68-28-32-8-4-20-64-32)12-16-40(44)48(56-52)59-51-42-22-34(66-26-30-6-2-18-62-30)10-14-38(42)46(54-51)57-49/h1-24H,25-28H2,(H2,53,54,55,56,57,58,59,60). The van der Waals surface area contributed by atoms with Crippen LogP contribution in [0.5, 0.6) is 0 Å². The Morgan fingerprint density at radius 1 is 0.324 bits per heavy atom. The number of hydrogen-bond donors (Lipinski definition) is 2. The second-order valence-electron chi connectivity index (χ2n) is 15.9. The summed E-state index contributed by atoms with van der Waals surface area (Å²) in [5, 5.41) is 3.58. The van der Waals surface area contributed by atoms with Gasteiger partial charge in [-0.1, -0.05) is 0 Å². The summed E-state index contributed by atoms with van der Waals surface area (Å²) in [6.45, 7) is 0. The highest BCUT2D eigenvalue weighted by Crippen LogP contribution is 2.41. The number of aromatic nitrogens is 8. The molecule has 16 heteroatoms. The molecule has 8 bridgehead atoms. The Morgan fingerprint density at radius 2 is 0.647 bits per heavy atom. The molecule has 11 aromatic rings. The van der Waals surface area contributed by atoms with Gasteiger partial charge in [0.1, 0.15) is 45.6 Å². The molecule has 68 heavy (non-hydrogen) atoms. The first kappa shape index (κ1) is 41.0. The zero-order valence-electron chi connectivity index (χ0n) is 35.6. The van der Waals surface area contributed by atoms with Crippen LogP contribution in [0.15, 0.2) is 184 Å². The molecule has 0 saturated carbocycles. The van der Waals surface area contributed by atoms with Crippen molar-refractivity contribution in [3.63, 3.8) is 0 Å². The molecule has 0 aliphatic carbocycles. The fourth-order valence-electron chi connectivity index (χ4n) is 8.27. The lowest BCUT2D eigenvalue weighted by Gasteiger charge is -2.04. The monoisotopic (exact) mass is 962 g/mol. The lowest BCUT2D eigenvalue weighted by Crippen LogP contribution is -1.85. The van der Waals surface area contributed by atoms with Crippen molar-refractivity contribution in [1.29, 1.82) is 0 Å². The van der Waals surface area contributed by atoms with E-state index in [1.807, 2.05) is 48.5 Å². The lowest BCUT2D eigenvalue weighted by molar-refractivity contribution is 0.530. The third kappa shape index (κ3) is 7.98. The number of hydrogen-bond acceptors (Lipinski definition) is 14. The Bertz CT molecular complexity index is 3580. The molecule has 0 fully saturated rings. The molecule has 330 valence electrons. The minimum absolute atomic E-state index is 0.534. The maximum absolute atomic E-state index is 5.66. The molecule has 0 amide bonds. The number of rotatable bonds is 12. The average Bonchev–Trinajstić information content (AvgIpc) is 4.22. The molecule has 0 saturated heterocycles. The summed E-state index contributed by atoms with van der Waals surface area (Å²) < 4.78 is 22.7. The van der Waals surface area contributed by atoms with Gasteiger partial charge >= 0.3 is 0 Å². The van der Waals surface area contributed by atoms with Gasteiger partial charge in [0, 0.05) is 63.4 Å². The van der Waals surface area contributed by atoms with Gasteiger partial charge in [-0.25, -0.2) is 29.9 Å². The summed E-state index contributed by atoms with van der Waals surface area (Å²) in [6.07, 6.45) is 6.81. The van der Waals surface area contributed by atoms with E-state index in [9.17, 15) is 0 Å². The lowest BCUT2D eigenvalue weighted by atomic mass is 10.1. The minimum Gasteiger partial charge on any atom is -0.468 e. The van der Waals surface area contributed by atoms with Crippen LogP contribution in [0.2, 0.25) is 0 Å². The number of fused-ring (bicyclic) bond motifs is 20. The van der Waals surface area contributed by atoms with E-state index in [4.69, 9.17) is 47.6 Å². The molecule has 2 N–H and O–H groups in total.